The fourth-order valence-electron chi connectivity index (χ4n) is 3.57. The van der Waals surface area contributed by atoms with Crippen LogP contribution in [0, 0.1) is 5.92 Å². The normalized spacial score (nSPS) is 24.7. The summed E-state index contributed by atoms with van der Waals surface area (Å²) in [6, 6.07) is 19.4. The fraction of sp³-hybridized carbons (Fsp3) is 0.381. The van der Waals surface area contributed by atoms with Gasteiger partial charge in [0, 0.05) is 55.0 Å². The van der Waals surface area contributed by atoms with E-state index in [1.165, 1.54) is 10.5 Å². The van der Waals surface area contributed by atoms with Crippen molar-refractivity contribution in [1.29, 1.82) is 0 Å². The maximum atomic E-state index is 4.84. The zero-order valence-electron chi connectivity index (χ0n) is 14.7. The summed E-state index contributed by atoms with van der Waals surface area (Å²) < 4.78 is 0. The maximum Gasteiger partial charge on any atom is 0.0761 e. The Morgan fingerprint density at radius 3 is 2.48 bits per heavy atom. The van der Waals surface area contributed by atoms with Crippen LogP contribution in [-0.4, -0.2) is 55.8 Å². The Kier molecular flexibility index (Phi) is 5.20. The van der Waals surface area contributed by atoms with E-state index in [2.05, 4.69) is 77.7 Å². The van der Waals surface area contributed by atoms with E-state index in [4.69, 9.17) is 4.99 Å². The van der Waals surface area contributed by atoms with E-state index >= 15 is 0 Å². The average molecular weight is 352 g/mol. The van der Waals surface area contributed by atoms with Crippen LogP contribution in [-0.2, 0) is 0 Å². The van der Waals surface area contributed by atoms with Crippen molar-refractivity contribution in [3.63, 3.8) is 0 Å². The van der Waals surface area contributed by atoms with Gasteiger partial charge in [-0.05, 0) is 24.7 Å². The SMILES string of the molecule is CN1CCN(C[C@@H]2C=Nc3ccccc3S[C@@H]2c2ccccc2)CC1. The molecule has 2 aromatic rings. The minimum absolute atomic E-state index is 0.410. The maximum absolute atomic E-state index is 4.84. The summed E-state index contributed by atoms with van der Waals surface area (Å²) >= 11 is 1.97. The van der Waals surface area contributed by atoms with E-state index < -0.39 is 0 Å². The molecule has 2 heterocycles. The number of fused-ring (bicyclic) bond motifs is 1. The Bertz CT molecular complexity index is 723. The highest BCUT2D eigenvalue weighted by Crippen LogP contribution is 2.46. The van der Waals surface area contributed by atoms with Crippen LogP contribution in [0.15, 0.2) is 64.5 Å². The molecular weight excluding hydrogens is 326 g/mol. The van der Waals surface area contributed by atoms with Crippen molar-refractivity contribution in [1.82, 2.24) is 9.80 Å². The highest BCUT2D eigenvalue weighted by Gasteiger charge is 2.28. The molecule has 0 aliphatic carbocycles. The van der Waals surface area contributed by atoms with Gasteiger partial charge in [-0.25, -0.2) is 0 Å². The Hall–Kier alpha value is -1.62. The summed E-state index contributed by atoms with van der Waals surface area (Å²) in [7, 11) is 2.21. The number of aliphatic imine (C=N–C) groups is 1. The molecule has 3 nitrogen and oxygen atoms in total. The lowest BCUT2D eigenvalue weighted by Gasteiger charge is -2.35. The van der Waals surface area contributed by atoms with Crippen LogP contribution in [0.25, 0.3) is 0 Å². The third kappa shape index (κ3) is 3.97. The molecule has 0 saturated carbocycles. The number of thioether (sulfide) groups is 1. The highest BCUT2D eigenvalue weighted by molar-refractivity contribution is 7.99. The molecular formula is C21H25N3S. The lowest BCUT2D eigenvalue weighted by molar-refractivity contribution is 0.146. The lowest BCUT2D eigenvalue weighted by atomic mass is 9.98. The third-order valence-electron chi connectivity index (χ3n) is 5.11. The minimum atomic E-state index is 0.410. The topological polar surface area (TPSA) is 18.8 Å². The van der Waals surface area contributed by atoms with Crippen molar-refractivity contribution in [3.8, 4) is 0 Å². The van der Waals surface area contributed by atoms with Crippen LogP contribution < -0.4 is 0 Å². The number of piperazine rings is 1. The van der Waals surface area contributed by atoms with E-state index in [-0.39, 0.29) is 0 Å². The second-order valence-corrected chi connectivity index (χ2v) is 8.15. The quantitative estimate of drug-likeness (QED) is 0.830. The molecule has 2 aromatic carbocycles. The standard InChI is InChI=1S/C21H25N3S/c1-23-11-13-24(14-12-23)16-18-15-22-19-9-5-6-10-20(19)25-21(18)17-7-3-2-4-8-17/h2-10,15,18,21H,11-14,16H2,1H3/t18-,21+/m0/s1. The van der Waals surface area contributed by atoms with Crippen molar-refractivity contribution in [2.24, 2.45) is 10.9 Å². The van der Waals surface area contributed by atoms with E-state index in [0.29, 0.717) is 11.2 Å². The van der Waals surface area contributed by atoms with Gasteiger partial charge in [0.05, 0.1) is 5.69 Å². The zero-order valence-corrected chi connectivity index (χ0v) is 15.5. The number of hydrogen-bond acceptors (Lipinski definition) is 4. The summed E-state index contributed by atoms with van der Waals surface area (Å²) in [5.41, 5.74) is 2.50. The number of hydrogen-bond donors (Lipinski definition) is 0. The van der Waals surface area contributed by atoms with Crippen LogP contribution in [0.2, 0.25) is 0 Å². The molecule has 0 radical (unpaired) electrons. The smallest absolute Gasteiger partial charge is 0.0761 e. The Labute approximate surface area is 154 Å². The van der Waals surface area contributed by atoms with Crippen molar-refractivity contribution in [2.75, 3.05) is 39.8 Å². The summed E-state index contributed by atoms with van der Waals surface area (Å²) in [5.74, 6) is 0.420. The molecule has 2 atom stereocenters. The molecule has 0 unspecified atom stereocenters. The van der Waals surface area contributed by atoms with Gasteiger partial charge in [0.15, 0.2) is 0 Å². The van der Waals surface area contributed by atoms with Crippen molar-refractivity contribution in [2.45, 2.75) is 10.1 Å². The first-order valence-electron chi connectivity index (χ1n) is 9.05. The molecule has 4 rings (SSSR count). The highest BCUT2D eigenvalue weighted by atomic mass is 32.2. The van der Waals surface area contributed by atoms with Gasteiger partial charge in [-0.2, -0.15) is 0 Å². The van der Waals surface area contributed by atoms with E-state index in [9.17, 15) is 0 Å². The molecule has 0 bridgehead atoms. The van der Waals surface area contributed by atoms with E-state index in [1.807, 2.05) is 11.8 Å². The third-order valence-corrected chi connectivity index (χ3v) is 6.58. The van der Waals surface area contributed by atoms with E-state index in [0.717, 1.165) is 38.4 Å². The zero-order chi connectivity index (χ0) is 17.1. The van der Waals surface area contributed by atoms with Gasteiger partial charge in [-0.1, -0.05) is 42.5 Å². The molecule has 0 N–H and O–H groups in total. The number of likely N-dealkylation sites (N-methyl/N-ethyl adjacent to an activating group) is 1. The van der Waals surface area contributed by atoms with Crippen molar-refractivity contribution < 1.29 is 0 Å². The lowest BCUT2D eigenvalue weighted by Crippen LogP contribution is -2.46. The molecule has 130 valence electrons. The molecule has 0 spiro atoms. The van der Waals surface area contributed by atoms with Crippen LogP contribution in [0.5, 0.6) is 0 Å². The van der Waals surface area contributed by atoms with Gasteiger partial charge in [0.1, 0.15) is 0 Å². The summed E-state index contributed by atoms with van der Waals surface area (Å²) in [4.78, 5) is 11.1. The first kappa shape index (κ1) is 16.8. The largest absolute Gasteiger partial charge is 0.304 e. The minimum Gasteiger partial charge on any atom is -0.304 e. The Morgan fingerprint density at radius 1 is 0.960 bits per heavy atom. The molecule has 2 aliphatic rings. The monoisotopic (exact) mass is 351 g/mol. The number of para-hydroxylation sites is 1. The first-order valence-corrected chi connectivity index (χ1v) is 9.93. The van der Waals surface area contributed by atoms with Gasteiger partial charge in [-0.3, -0.25) is 4.99 Å². The van der Waals surface area contributed by atoms with Gasteiger partial charge >= 0.3 is 0 Å². The molecule has 25 heavy (non-hydrogen) atoms. The van der Waals surface area contributed by atoms with Crippen molar-refractivity contribution in [3.05, 3.63) is 60.2 Å². The average Bonchev–Trinajstić information content (AvgIpc) is 2.84. The van der Waals surface area contributed by atoms with Gasteiger partial charge in [0.25, 0.3) is 0 Å². The predicted molar refractivity (Wildman–Crippen MR) is 107 cm³/mol. The summed E-state index contributed by atoms with van der Waals surface area (Å²) in [6.45, 7) is 5.71. The molecule has 2 aliphatic heterocycles. The molecule has 0 aromatic heterocycles. The van der Waals surface area contributed by atoms with Crippen LogP contribution in [0.4, 0.5) is 5.69 Å². The number of rotatable bonds is 3. The van der Waals surface area contributed by atoms with Crippen LogP contribution in [0.1, 0.15) is 10.8 Å². The van der Waals surface area contributed by atoms with E-state index in [1.54, 1.807) is 0 Å². The molecule has 4 heteroatoms. The second-order valence-electron chi connectivity index (χ2n) is 6.96. The predicted octanol–water partition coefficient (Wildman–Crippen LogP) is 4.10. The summed E-state index contributed by atoms with van der Waals surface area (Å²) in [6.07, 6.45) is 2.20. The molecule has 0 amide bonds. The fourth-order valence-corrected chi connectivity index (χ4v) is 4.87. The second kappa shape index (κ2) is 7.73. The number of nitrogens with zero attached hydrogens (tertiary/aromatic N) is 3. The van der Waals surface area contributed by atoms with Gasteiger partial charge in [-0.15, -0.1) is 11.8 Å². The van der Waals surface area contributed by atoms with Crippen molar-refractivity contribution >= 4 is 23.7 Å². The molecule has 1 fully saturated rings. The van der Waals surface area contributed by atoms with Crippen LogP contribution >= 0.6 is 11.8 Å². The van der Waals surface area contributed by atoms with Crippen LogP contribution in [0.3, 0.4) is 0 Å². The Morgan fingerprint density at radius 2 is 1.68 bits per heavy atom. The summed E-state index contributed by atoms with van der Waals surface area (Å²) in [5, 5.41) is 0.410. The molecule has 1 saturated heterocycles. The Balaban J connectivity index is 1.60. The van der Waals surface area contributed by atoms with Gasteiger partial charge < -0.3 is 9.80 Å². The first-order chi connectivity index (χ1) is 12.3. The number of benzene rings is 2. The van der Waals surface area contributed by atoms with Gasteiger partial charge in [0.2, 0.25) is 0 Å².